The molecule has 0 saturated carbocycles. The van der Waals surface area contributed by atoms with Crippen LogP contribution in [0.5, 0.6) is 0 Å². The molecular weight excluding hydrogens is 180 g/mol. The van der Waals surface area contributed by atoms with Gasteiger partial charge in [0.2, 0.25) is 0 Å². The Labute approximate surface area is 62.3 Å². The number of hydrogen-bond donors (Lipinski definition) is 0. The van der Waals surface area contributed by atoms with E-state index in [1.165, 1.54) is 0 Å². The molecule has 0 heterocycles. The fourth-order valence-corrected chi connectivity index (χ4v) is 0. The molecule has 4 heavy (non-hydrogen) atoms. The van der Waals surface area contributed by atoms with Crippen LogP contribution in [0.2, 0.25) is 0 Å². The van der Waals surface area contributed by atoms with E-state index in [-0.39, 0.29) is 62.9 Å². The average Bonchev–Trinajstić information content (AvgIpc) is 0. The minimum absolute atomic E-state index is 0. The number of halogens is 2. The van der Waals surface area contributed by atoms with Gasteiger partial charge >= 0.3 is 53.5 Å². The van der Waals surface area contributed by atoms with E-state index >= 15 is 0 Å². The molecule has 0 N–H and O–H groups in total. The van der Waals surface area contributed by atoms with Crippen LogP contribution >= 0.6 is 0 Å². The van der Waals surface area contributed by atoms with Crippen LogP contribution in [0.3, 0.4) is 0 Å². The molecule has 0 unspecified atom stereocenters. The Kier molecular flexibility index (Phi) is 253. The van der Waals surface area contributed by atoms with Crippen molar-refractivity contribution in [3.63, 3.8) is 0 Å². The Hall–Kier alpha value is 1.66. The number of hydrogen-bond acceptors (Lipinski definition) is 0. The van der Waals surface area contributed by atoms with E-state index in [2.05, 4.69) is 0 Å². The van der Waals surface area contributed by atoms with E-state index in [1.54, 1.807) is 0 Å². The van der Waals surface area contributed by atoms with Gasteiger partial charge in [-0.2, -0.15) is 0 Å². The quantitative estimate of drug-likeness (QED) is 0.325. The standard InChI is InChI=1S/2FH.Na.Sn.H/h2*1H;;;/q;;;+2;/p-2. The van der Waals surface area contributed by atoms with Gasteiger partial charge in [-0.15, -0.1) is 0 Å². The van der Waals surface area contributed by atoms with Gasteiger partial charge in [0.25, 0.3) is 0 Å². The molecule has 0 nitrogen and oxygen atoms in total. The van der Waals surface area contributed by atoms with Crippen LogP contribution in [0.25, 0.3) is 0 Å². The molecule has 0 aliphatic heterocycles. The van der Waals surface area contributed by atoms with Crippen molar-refractivity contribution in [1.82, 2.24) is 0 Å². The maximum atomic E-state index is 0. The normalized spacial score (nSPS) is 0. The smallest absolute Gasteiger partial charge is 2.00 e. The molecule has 0 saturated heterocycles. The fourth-order valence-electron chi connectivity index (χ4n) is 0. The van der Waals surface area contributed by atoms with Crippen LogP contribution in [0.1, 0.15) is 0 Å². The van der Waals surface area contributed by atoms with Crippen LogP contribution in [0.4, 0.5) is 0 Å². The van der Waals surface area contributed by atoms with Gasteiger partial charge in [0.05, 0.1) is 0 Å². The summed E-state index contributed by atoms with van der Waals surface area (Å²) in [6.07, 6.45) is 0. The third-order valence-corrected chi connectivity index (χ3v) is 0. The van der Waals surface area contributed by atoms with Crippen molar-refractivity contribution in [3.05, 3.63) is 0 Å². The SMILES string of the molecule is [F-].[F-].[NaH].[Sn+2]. The molecule has 4 heteroatoms. The first-order valence-electron chi connectivity index (χ1n) is 0. The molecule has 0 aromatic carbocycles. The second-order valence-corrected chi connectivity index (χ2v) is 0. The fraction of sp³-hybridized carbons (Fsp3) is 0. The van der Waals surface area contributed by atoms with Gasteiger partial charge in [-0.3, -0.25) is 0 Å². The zero-order valence-electron chi connectivity index (χ0n) is 1.26. The molecule has 2 radical (unpaired) electrons. The number of rotatable bonds is 0. The van der Waals surface area contributed by atoms with Crippen molar-refractivity contribution in [2.24, 2.45) is 0 Å². The van der Waals surface area contributed by atoms with Crippen LogP contribution in [-0.2, 0) is 0 Å². The average molecular weight is 181 g/mol. The molecule has 0 rings (SSSR count). The van der Waals surface area contributed by atoms with E-state index in [1.807, 2.05) is 0 Å². The molecule has 0 aliphatic rings. The molecule has 0 aromatic rings. The zero-order chi connectivity index (χ0) is 0. The van der Waals surface area contributed by atoms with E-state index < -0.39 is 0 Å². The van der Waals surface area contributed by atoms with Gasteiger partial charge in [-0.05, 0) is 0 Å². The van der Waals surface area contributed by atoms with Crippen LogP contribution in [0, 0.1) is 0 Å². The predicted molar refractivity (Wildman–Crippen MR) is 12.9 cm³/mol. The molecule has 0 atom stereocenters. The monoisotopic (exact) mass is 182 g/mol. The van der Waals surface area contributed by atoms with E-state index in [0.29, 0.717) is 0 Å². The second-order valence-electron chi connectivity index (χ2n) is 0. The van der Waals surface area contributed by atoms with Crippen LogP contribution in [-0.4, -0.2) is 53.5 Å². The summed E-state index contributed by atoms with van der Waals surface area (Å²) in [6.45, 7) is 0. The molecule has 20 valence electrons. The van der Waals surface area contributed by atoms with Crippen LogP contribution in [0.15, 0.2) is 0 Å². The van der Waals surface area contributed by atoms with Gasteiger partial charge in [0, 0.05) is 0 Å². The Morgan fingerprint density at radius 1 is 0.750 bits per heavy atom. The first kappa shape index (κ1) is 44.6. The Morgan fingerprint density at radius 2 is 0.750 bits per heavy atom. The van der Waals surface area contributed by atoms with Crippen LogP contribution < -0.4 is 9.41 Å². The summed E-state index contributed by atoms with van der Waals surface area (Å²) < 4.78 is 0. The Bertz CT molecular complexity index is 6.00. The summed E-state index contributed by atoms with van der Waals surface area (Å²) in [5.41, 5.74) is 0. The topological polar surface area (TPSA) is 0 Å². The third kappa shape index (κ3) is 9.40. The zero-order valence-corrected chi connectivity index (χ0v) is 4.11. The summed E-state index contributed by atoms with van der Waals surface area (Å²) >= 11 is 0. The molecule has 0 aromatic heterocycles. The van der Waals surface area contributed by atoms with Gasteiger partial charge < -0.3 is 9.41 Å². The predicted octanol–water partition coefficient (Wildman–Crippen LogP) is -7.02. The van der Waals surface area contributed by atoms with Gasteiger partial charge in [-0.1, -0.05) is 0 Å². The molecule has 0 bridgehead atoms. The maximum absolute atomic E-state index is 0. The third-order valence-electron chi connectivity index (χ3n) is 0. The molecule has 0 spiro atoms. The summed E-state index contributed by atoms with van der Waals surface area (Å²) in [5.74, 6) is 0. The molecule has 0 amide bonds. The minimum atomic E-state index is 0. The largest absolute Gasteiger partial charge is 2.00 e. The first-order valence-corrected chi connectivity index (χ1v) is 0. The first-order chi connectivity index (χ1) is 0. The van der Waals surface area contributed by atoms with Crippen molar-refractivity contribution in [3.8, 4) is 0 Å². The van der Waals surface area contributed by atoms with Gasteiger partial charge in [0.15, 0.2) is 0 Å². The molecule has 0 aliphatic carbocycles. The summed E-state index contributed by atoms with van der Waals surface area (Å²) in [6, 6.07) is 0. The van der Waals surface area contributed by atoms with Gasteiger partial charge in [0.1, 0.15) is 0 Å². The van der Waals surface area contributed by atoms with E-state index in [0.717, 1.165) is 0 Å². The van der Waals surface area contributed by atoms with Gasteiger partial charge in [-0.25, -0.2) is 0 Å². The van der Waals surface area contributed by atoms with Crippen molar-refractivity contribution in [1.29, 1.82) is 0 Å². The van der Waals surface area contributed by atoms with E-state index in [9.17, 15) is 0 Å². The Morgan fingerprint density at radius 3 is 0.750 bits per heavy atom. The summed E-state index contributed by atoms with van der Waals surface area (Å²) in [4.78, 5) is 0. The molecular formula is HF2NaSn. The molecule has 0 fully saturated rings. The van der Waals surface area contributed by atoms with E-state index in [4.69, 9.17) is 0 Å². The van der Waals surface area contributed by atoms with Crippen molar-refractivity contribution < 1.29 is 9.41 Å². The summed E-state index contributed by atoms with van der Waals surface area (Å²) in [5, 5.41) is 0. The summed E-state index contributed by atoms with van der Waals surface area (Å²) in [7, 11) is 0. The minimum Gasteiger partial charge on any atom is 2.00 e. The second kappa shape index (κ2) is 22.7. The van der Waals surface area contributed by atoms with Crippen molar-refractivity contribution in [2.75, 3.05) is 0 Å². The van der Waals surface area contributed by atoms with Crippen molar-refractivity contribution >= 4 is 53.5 Å². The Balaban J connectivity index is 0. The maximum Gasteiger partial charge on any atom is 2.00 e. The van der Waals surface area contributed by atoms with Crippen molar-refractivity contribution in [2.45, 2.75) is 0 Å².